The third-order valence-corrected chi connectivity index (χ3v) is 3.79. The summed E-state index contributed by atoms with van der Waals surface area (Å²) < 4.78 is 0. The first-order valence-corrected chi connectivity index (χ1v) is 7.49. The van der Waals surface area contributed by atoms with Gasteiger partial charge in [0.2, 0.25) is 5.91 Å². The van der Waals surface area contributed by atoms with Gasteiger partial charge in [-0.25, -0.2) is 0 Å². The van der Waals surface area contributed by atoms with E-state index in [0.717, 1.165) is 18.8 Å². The number of benzene rings is 1. The van der Waals surface area contributed by atoms with Crippen molar-refractivity contribution in [3.8, 4) is 0 Å². The molecule has 2 rings (SSSR count). The van der Waals surface area contributed by atoms with Gasteiger partial charge in [-0.1, -0.05) is 18.6 Å². The molecule has 1 amide bonds. The quantitative estimate of drug-likeness (QED) is 0.773. The molecule has 1 heterocycles. The third kappa shape index (κ3) is 4.62. The number of hydrogen-bond acceptors (Lipinski definition) is 3. The van der Waals surface area contributed by atoms with E-state index in [2.05, 4.69) is 28.9 Å². The summed E-state index contributed by atoms with van der Waals surface area (Å²) in [5, 5.41) is 9.94. The highest BCUT2D eigenvalue weighted by Gasteiger charge is 2.14. The molecule has 4 heteroatoms. The van der Waals surface area contributed by atoms with Gasteiger partial charge in [-0.3, -0.25) is 4.79 Å². The van der Waals surface area contributed by atoms with Crippen molar-refractivity contribution in [1.82, 2.24) is 10.6 Å². The number of anilines is 1. The van der Waals surface area contributed by atoms with Crippen molar-refractivity contribution in [2.45, 2.75) is 45.2 Å². The number of carbonyl (C=O) groups is 1. The molecule has 1 aromatic rings. The summed E-state index contributed by atoms with van der Waals surface area (Å²) in [5.74, 6) is -0.0332. The fourth-order valence-electron chi connectivity index (χ4n) is 2.62. The molecule has 0 bridgehead atoms. The Balaban J connectivity index is 1.87. The van der Waals surface area contributed by atoms with Crippen molar-refractivity contribution in [3.05, 3.63) is 29.8 Å². The van der Waals surface area contributed by atoms with E-state index in [0.29, 0.717) is 6.04 Å². The van der Waals surface area contributed by atoms with E-state index in [1.54, 1.807) is 0 Å². The third-order valence-electron chi connectivity index (χ3n) is 3.79. The highest BCUT2D eigenvalue weighted by Crippen LogP contribution is 2.17. The van der Waals surface area contributed by atoms with Crippen molar-refractivity contribution in [2.75, 3.05) is 18.4 Å². The predicted octanol–water partition coefficient (Wildman–Crippen LogP) is 2.44. The van der Waals surface area contributed by atoms with E-state index in [9.17, 15) is 4.79 Å². The molecule has 3 N–H and O–H groups in total. The molecule has 1 saturated heterocycles. The fraction of sp³-hybridized carbons (Fsp3) is 0.562. The van der Waals surface area contributed by atoms with Gasteiger partial charge in [0.25, 0.3) is 0 Å². The summed E-state index contributed by atoms with van der Waals surface area (Å²) in [4.78, 5) is 11.1. The molecular formula is C16H25N3O. The second-order valence-corrected chi connectivity index (χ2v) is 5.58. The summed E-state index contributed by atoms with van der Waals surface area (Å²) in [5.41, 5.74) is 2.06. The number of amides is 1. The Morgan fingerprint density at radius 1 is 1.45 bits per heavy atom. The molecule has 0 spiro atoms. The Morgan fingerprint density at radius 3 is 3.00 bits per heavy atom. The van der Waals surface area contributed by atoms with Gasteiger partial charge in [-0.05, 0) is 44.0 Å². The van der Waals surface area contributed by atoms with Gasteiger partial charge in [0.1, 0.15) is 0 Å². The van der Waals surface area contributed by atoms with Crippen LogP contribution in [0.1, 0.15) is 44.7 Å². The molecule has 0 radical (unpaired) electrons. The molecule has 0 saturated carbocycles. The van der Waals surface area contributed by atoms with Crippen LogP contribution >= 0.6 is 0 Å². The van der Waals surface area contributed by atoms with Crippen molar-refractivity contribution in [3.63, 3.8) is 0 Å². The molecule has 1 aliphatic rings. The lowest BCUT2D eigenvalue weighted by atomic mass is 10.0. The van der Waals surface area contributed by atoms with Crippen LogP contribution in [-0.2, 0) is 4.79 Å². The van der Waals surface area contributed by atoms with Gasteiger partial charge in [-0.15, -0.1) is 0 Å². The smallest absolute Gasteiger partial charge is 0.221 e. The van der Waals surface area contributed by atoms with Crippen LogP contribution < -0.4 is 16.0 Å². The monoisotopic (exact) mass is 275 g/mol. The molecule has 0 aliphatic carbocycles. The fourth-order valence-corrected chi connectivity index (χ4v) is 2.62. The summed E-state index contributed by atoms with van der Waals surface area (Å²) in [7, 11) is 0. The van der Waals surface area contributed by atoms with Gasteiger partial charge in [0.15, 0.2) is 0 Å². The maximum atomic E-state index is 11.1. The summed E-state index contributed by atoms with van der Waals surface area (Å²) in [6.45, 7) is 5.82. The van der Waals surface area contributed by atoms with Gasteiger partial charge in [0.05, 0.1) is 0 Å². The normalized spacial score (nSPS) is 20.4. The molecule has 1 fully saturated rings. The minimum Gasteiger partial charge on any atom is -0.326 e. The van der Waals surface area contributed by atoms with E-state index >= 15 is 0 Å². The Morgan fingerprint density at radius 2 is 2.30 bits per heavy atom. The topological polar surface area (TPSA) is 53.2 Å². The molecule has 2 unspecified atom stereocenters. The SMILES string of the molecule is CC(=O)Nc1cccc(C(C)NCC2CCCCN2)c1. The van der Waals surface area contributed by atoms with Crippen molar-refractivity contribution >= 4 is 11.6 Å². The van der Waals surface area contributed by atoms with E-state index in [1.807, 2.05) is 18.2 Å². The predicted molar refractivity (Wildman–Crippen MR) is 82.8 cm³/mol. The molecule has 0 aromatic heterocycles. The van der Waals surface area contributed by atoms with Crippen LogP contribution in [0.2, 0.25) is 0 Å². The first-order valence-electron chi connectivity index (χ1n) is 7.49. The zero-order chi connectivity index (χ0) is 14.4. The van der Waals surface area contributed by atoms with Crippen LogP contribution in [-0.4, -0.2) is 25.0 Å². The first-order chi connectivity index (χ1) is 9.65. The van der Waals surface area contributed by atoms with Crippen LogP contribution in [0.5, 0.6) is 0 Å². The lowest BCUT2D eigenvalue weighted by Crippen LogP contribution is -2.42. The summed E-state index contributed by atoms with van der Waals surface area (Å²) in [6, 6.07) is 8.90. The molecule has 110 valence electrons. The van der Waals surface area contributed by atoms with Crippen molar-refractivity contribution < 1.29 is 4.79 Å². The van der Waals surface area contributed by atoms with E-state index in [-0.39, 0.29) is 11.9 Å². The zero-order valence-corrected chi connectivity index (χ0v) is 12.4. The van der Waals surface area contributed by atoms with Crippen LogP contribution in [0.25, 0.3) is 0 Å². The maximum Gasteiger partial charge on any atom is 0.221 e. The maximum absolute atomic E-state index is 11.1. The number of piperidine rings is 1. The largest absolute Gasteiger partial charge is 0.326 e. The van der Waals surface area contributed by atoms with Crippen molar-refractivity contribution in [1.29, 1.82) is 0 Å². The molecule has 1 aromatic carbocycles. The van der Waals surface area contributed by atoms with Gasteiger partial charge in [-0.2, -0.15) is 0 Å². The standard InChI is InChI=1S/C16H25N3O/c1-12(18-11-16-7-3-4-9-17-16)14-6-5-8-15(10-14)19-13(2)20/h5-6,8,10,12,16-18H,3-4,7,9,11H2,1-2H3,(H,19,20). The Labute approximate surface area is 121 Å². The lowest BCUT2D eigenvalue weighted by Gasteiger charge is -2.25. The minimum absolute atomic E-state index is 0.0332. The second-order valence-electron chi connectivity index (χ2n) is 5.58. The lowest BCUT2D eigenvalue weighted by molar-refractivity contribution is -0.114. The van der Waals surface area contributed by atoms with Crippen LogP contribution in [0.4, 0.5) is 5.69 Å². The highest BCUT2D eigenvalue weighted by molar-refractivity contribution is 5.88. The Kier molecular flexibility index (Phi) is 5.56. The average Bonchev–Trinajstić information content (AvgIpc) is 2.45. The molecule has 1 aliphatic heterocycles. The molecule has 20 heavy (non-hydrogen) atoms. The van der Waals surface area contributed by atoms with E-state index < -0.39 is 0 Å². The molecular weight excluding hydrogens is 250 g/mol. The molecule has 2 atom stereocenters. The van der Waals surface area contributed by atoms with Gasteiger partial charge in [0, 0.05) is 31.2 Å². The summed E-state index contributed by atoms with van der Waals surface area (Å²) >= 11 is 0. The number of hydrogen-bond donors (Lipinski definition) is 3. The number of nitrogens with one attached hydrogen (secondary N) is 3. The van der Waals surface area contributed by atoms with Crippen LogP contribution in [0, 0.1) is 0 Å². The van der Waals surface area contributed by atoms with Crippen LogP contribution in [0.3, 0.4) is 0 Å². The Hall–Kier alpha value is -1.39. The first kappa shape index (κ1) is 15.0. The van der Waals surface area contributed by atoms with Crippen LogP contribution in [0.15, 0.2) is 24.3 Å². The van der Waals surface area contributed by atoms with Crippen molar-refractivity contribution in [2.24, 2.45) is 0 Å². The zero-order valence-electron chi connectivity index (χ0n) is 12.4. The number of rotatable bonds is 5. The van der Waals surface area contributed by atoms with Gasteiger partial charge >= 0.3 is 0 Å². The van der Waals surface area contributed by atoms with E-state index in [1.165, 1.54) is 31.7 Å². The number of carbonyl (C=O) groups excluding carboxylic acids is 1. The van der Waals surface area contributed by atoms with E-state index in [4.69, 9.17) is 0 Å². The molecule has 4 nitrogen and oxygen atoms in total. The minimum atomic E-state index is -0.0332. The Bertz CT molecular complexity index is 441. The summed E-state index contributed by atoms with van der Waals surface area (Å²) in [6.07, 6.45) is 3.88. The average molecular weight is 275 g/mol. The highest BCUT2D eigenvalue weighted by atomic mass is 16.1. The van der Waals surface area contributed by atoms with Gasteiger partial charge < -0.3 is 16.0 Å². The second kappa shape index (κ2) is 7.41.